The highest BCUT2D eigenvalue weighted by molar-refractivity contribution is 5.65. The van der Waals surface area contributed by atoms with E-state index in [2.05, 4.69) is 65.6 Å². The molecule has 0 amide bonds. The number of anilines is 3. The summed E-state index contributed by atoms with van der Waals surface area (Å²) in [4.78, 5) is 9.30. The predicted octanol–water partition coefficient (Wildman–Crippen LogP) is 5.02. The average Bonchev–Trinajstić information content (AvgIpc) is 2.57. The summed E-state index contributed by atoms with van der Waals surface area (Å²) in [6.07, 6.45) is 0. The summed E-state index contributed by atoms with van der Waals surface area (Å²) in [6.45, 7) is 6.27. The largest absolute Gasteiger partial charge is 0.368 e. The molecular weight excluding hydrogens is 296 g/mol. The zero-order chi connectivity index (χ0) is 16.9. The second kappa shape index (κ2) is 7.13. The van der Waals surface area contributed by atoms with E-state index in [9.17, 15) is 0 Å². The van der Waals surface area contributed by atoms with Gasteiger partial charge in [0.15, 0.2) is 5.82 Å². The predicted molar refractivity (Wildman–Crippen MR) is 101 cm³/mol. The highest BCUT2D eigenvalue weighted by Gasteiger charge is 2.08. The second-order valence-electron chi connectivity index (χ2n) is 6.12. The number of aromatic nitrogens is 2. The first-order chi connectivity index (χ1) is 11.6. The summed E-state index contributed by atoms with van der Waals surface area (Å²) >= 11 is 0. The Kier molecular flexibility index (Phi) is 4.75. The number of rotatable bonds is 5. The fraction of sp³-hybridized carbons (Fsp3) is 0.200. The maximum Gasteiger partial charge on any atom is 0.163 e. The van der Waals surface area contributed by atoms with Gasteiger partial charge in [-0.05, 0) is 32.9 Å². The summed E-state index contributed by atoms with van der Waals surface area (Å²) < 4.78 is 0. The van der Waals surface area contributed by atoms with Gasteiger partial charge in [0.1, 0.15) is 11.6 Å². The summed E-state index contributed by atoms with van der Waals surface area (Å²) in [7, 11) is 0. The fourth-order valence-electron chi connectivity index (χ4n) is 2.38. The van der Waals surface area contributed by atoms with Crippen molar-refractivity contribution in [2.24, 2.45) is 0 Å². The minimum absolute atomic E-state index is 0.302. The van der Waals surface area contributed by atoms with Crippen LogP contribution in [0.25, 0.3) is 11.4 Å². The van der Waals surface area contributed by atoms with Gasteiger partial charge in [-0.1, -0.05) is 48.0 Å². The van der Waals surface area contributed by atoms with E-state index in [0.717, 1.165) is 22.9 Å². The number of aryl methyl sites for hydroxylation is 1. The van der Waals surface area contributed by atoms with Gasteiger partial charge in [-0.3, -0.25) is 0 Å². The van der Waals surface area contributed by atoms with E-state index < -0.39 is 0 Å². The Hall–Kier alpha value is -2.88. The van der Waals surface area contributed by atoms with E-state index in [0.29, 0.717) is 11.9 Å². The lowest BCUT2D eigenvalue weighted by Crippen LogP contribution is -2.12. The van der Waals surface area contributed by atoms with E-state index in [1.54, 1.807) is 0 Å². The lowest BCUT2D eigenvalue weighted by molar-refractivity contribution is 0.887. The maximum atomic E-state index is 4.67. The van der Waals surface area contributed by atoms with Crippen molar-refractivity contribution in [3.05, 3.63) is 66.2 Å². The number of hydrogen-bond donors (Lipinski definition) is 2. The fourth-order valence-corrected chi connectivity index (χ4v) is 2.38. The molecule has 2 aromatic carbocycles. The molecule has 0 spiro atoms. The Morgan fingerprint density at radius 1 is 0.833 bits per heavy atom. The van der Waals surface area contributed by atoms with Crippen molar-refractivity contribution in [3.8, 4) is 11.4 Å². The van der Waals surface area contributed by atoms with Gasteiger partial charge in [0, 0.05) is 23.4 Å². The molecule has 0 aliphatic carbocycles. The zero-order valence-corrected chi connectivity index (χ0v) is 14.2. The van der Waals surface area contributed by atoms with Crippen molar-refractivity contribution in [1.29, 1.82) is 0 Å². The third kappa shape index (κ3) is 4.10. The van der Waals surface area contributed by atoms with Crippen molar-refractivity contribution in [3.63, 3.8) is 0 Å². The lowest BCUT2D eigenvalue weighted by Gasteiger charge is -2.13. The average molecular weight is 318 g/mol. The Morgan fingerprint density at radius 2 is 1.50 bits per heavy atom. The van der Waals surface area contributed by atoms with Gasteiger partial charge in [0.05, 0.1) is 0 Å². The Labute approximate surface area is 143 Å². The van der Waals surface area contributed by atoms with Gasteiger partial charge in [-0.2, -0.15) is 0 Å². The van der Waals surface area contributed by atoms with Gasteiger partial charge in [0.25, 0.3) is 0 Å². The molecule has 1 aromatic heterocycles. The molecule has 0 aliphatic rings. The van der Waals surface area contributed by atoms with Crippen molar-refractivity contribution in [2.45, 2.75) is 26.8 Å². The topological polar surface area (TPSA) is 49.8 Å². The molecule has 3 rings (SSSR count). The molecule has 0 unspecified atom stereocenters. The molecule has 0 saturated heterocycles. The third-order valence-corrected chi connectivity index (χ3v) is 3.52. The first-order valence-corrected chi connectivity index (χ1v) is 8.15. The van der Waals surface area contributed by atoms with Crippen LogP contribution in [0.1, 0.15) is 19.4 Å². The van der Waals surface area contributed by atoms with Crippen LogP contribution in [0.15, 0.2) is 60.7 Å². The maximum absolute atomic E-state index is 4.67. The molecule has 1 heterocycles. The van der Waals surface area contributed by atoms with Crippen LogP contribution in [0.4, 0.5) is 17.3 Å². The summed E-state index contributed by atoms with van der Waals surface area (Å²) in [5.41, 5.74) is 3.24. The third-order valence-electron chi connectivity index (χ3n) is 3.52. The molecule has 0 fully saturated rings. The number of nitrogens with zero attached hydrogens (tertiary/aromatic N) is 2. The van der Waals surface area contributed by atoms with Crippen molar-refractivity contribution < 1.29 is 0 Å². The summed E-state index contributed by atoms with van der Waals surface area (Å²) in [6, 6.07) is 20.5. The zero-order valence-electron chi connectivity index (χ0n) is 14.2. The molecule has 3 aromatic rings. The smallest absolute Gasteiger partial charge is 0.163 e. The van der Waals surface area contributed by atoms with E-state index >= 15 is 0 Å². The molecular formula is C20H22N4. The Balaban J connectivity index is 1.96. The molecule has 2 N–H and O–H groups in total. The van der Waals surface area contributed by atoms with Gasteiger partial charge < -0.3 is 10.6 Å². The Morgan fingerprint density at radius 3 is 2.17 bits per heavy atom. The van der Waals surface area contributed by atoms with Crippen LogP contribution in [-0.2, 0) is 0 Å². The number of hydrogen-bond acceptors (Lipinski definition) is 4. The monoisotopic (exact) mass is 318 g/mol. The lowest BCUT2D eigenvalue weighted by atomic mass is 10.2. The van der Waals surface area contributed by atoms with E-state index in [1.807, 2.05) is 36.4 Å². The highest BCUT2D eigenvalue weighted by atomic mass is 15.1. The molecule has 4 heteroatoms. The van der Waals surface area contributed by atoms with E-state index in [4.69, 9.17) is 0 Å². The molecule has 0 aliphatic heterocycles. The minimum atomic E-state index is 0.302. The van der Waals surface area contributed by atoms with Crippen LogP contribution in [0, 0.1) is 6.92 Å². The van der Waals surface area contributed by atoms with Gasteiger partial charge in [-0.15, -0.1) is 0 Å². The number of benzene rings is 2. The second-order valence-corrected chi connectivity index (χ2v) is 6.12. The van der Waals surface area contributed by atoms with Gasteiger partial charge >= 0.3 is 0 Å². The normalized spacial score (nSPS) is 10.7. The van der Waals surface area contributed by atoms with Crippen molar-refractivity contribution >= 4 is 17.3 Å². The van der Waals surface area contributed by atoms with E-state index in [1.165, 1.54) is 5.56 Å². The summed E-state index contributed by atoms with van der Waals surface area (Å²) in [5, 5.41) is 6.72. The van der Waals surface area contributed by atoms with Crippen LogP contribution >= 0.6 is 0 Å². The molecule has 0 radical (unpaired) electrons. The Bertz CT molecular complexity index is 796. The van der Waals surface area contributed by atoms with Crippen LogP contribution < -0.4 is 10.6 Å². The molecule has 0 saturated carbocycles. The first kappa shape index (κ1) is 16.0. The molecule has 0 atom stereocenters. The number of nitrogens with one attached hydrogen (secondary N) is 2. The van der Waals surface area contributed by atoms with Crippen LogP contribution in [0.2, 0.25) is 0 Å². The highest BCUT2D eigenvalue weighted by Crippen LogP contribution is 2.23. The van der Waals surface area contributed by atoms with Gasteiger partial charge in [0.2, 0.25) is 0 Å². The standard InChI is InChI=1S/C20H22N4/c1-14(2)21-18-13-19(22-17-11-9-15(3)10-12-17)24-20(23-18)16-7-5-4-6-8-16/h4-14H,1-3H3,(H2,21,22,23,24). The van der Waals surface area contributed by atoms with Crippen molar-refractivity contribution in [2.75, 3.05) is 10.6 Å². The van der Waals surface area contributed by atoms with Crippen molar-refractivity contribution in [1.82, 2.24) is 9.97 Å². The molecule has 4 nitrogen and oxygen atoms in total. The SMILES string of the molecule is Cc1ccc(Nc2cc(NC(C)C)nc(-c3ccccc3)n2)cc1. The quantitative estimate of drug-likeness (QED) is 0.694. The molecule has 24 heavy (non-hydrogen) atoms. The molecule has 0 bridgehead atoms. The van der Waals surface area contributed by atoms with Crippen LogP contribution in [-0.4, -0.2) is 16.0 Å². The summed E-state index contributed by atoms with van der Waals surface area (Å²) in [5.74, 6) is 2.29. The molecule has 122 valence electrons. The van der Waals surface area contributed by atoms with Crippen LogP contribution in [0.3, 0.4) is 0 Å². The van der Waals surface area contributed by atoms with Crippen LogP contribution in [0.5, 0.6) is 0 Å². The van der Waals surface area contributed by atoms with E-state index in [-0.39, 0.29) is 0 Å². The van der Waals surface area contributed by atoms with Gasteiger partial charge in [-0.25, -0.2) is 9.97 Å². The minimum Gasteiger partial charge on any atom is -0.368 e. The first-order valence-electron chi connectivity index (χ1n) is 8.15.